The number of rotatable bonds is 13. The van der Waals surface area contributed by atoms with Crippen molar-refractivity contribution >= 4 is 52.1 Å². The summed E-state index contributed by atoms with van der Waals surface area (Å²) < 4.78 is 52.9. The van der Waals surface area contributed by atoms with Crippen LogP contribution in [0, 0.1) is 0 Å². The molecule has 6 atom stereocenters. The van der Waals surface area contributed by atoms with Gasteiger partial charge in [0.15, 0.2) is 17.7 Å². The van der Waals surface area contributed by atoms with Gasteiger partial charge in [0, 0.05) is 5.69 Å². The molecule has 1 saturated heterocycles. The average Bonchev–Trinajstić information content (AvgIpc) is 3.41. The van der Waals surface area contributed by atoms with Gasteiger partial charge in [0.25, 0.3) is 0 Å². The molecule has 232 valence electrons. The molecule has 0 saturated carbocycles. The molecule has 0 aliphatic carbocycles. The summed E-state index contributed by atoms with van der Waals surface area (Å²) >= 11 is 0. The number of imidazole rings is 1. The van der Waals surface area contributed by atoms with E-state index in [-0.39, 0.29) is 22.9 Å². The molecule has 1 fully saturated rings. The molecule has 1 aliphatic rings. The first-order valence-electron chi connectivity index (χ1n) is 12.2. The molecule has 0 amide bonds. The van der Waals surface area contributed by atoms with Gasteiger partial charge in [0.2, 0.25) is 5.95 Å². The van der Waals surface area contributed by atoms with Gasteiger partial charge in [0.1, 0.15) is 23.8 Å². The summed E-state index contributed by atoms with van der Waals surface area (Å²) in [7, 11) is -16.8. The first kappa shape index (κ1) is 32.6. The van der Waals surface area contributed by atoms with Crippen LogP contribution in [0.1, 0.15) is 31.6 Å². The van der Waals surface area contributed by atoms with Crippen molar-refractivity contribution in [1.82, 2.24) is 19.5 Å². The molecule has 22 heteroatoms. The van der Waals surface area contributed by atoms with Crippen LogP contribution in [0.3, 0.4) is 0 Å². The summed E-state index contributed by atoms with van der Waals surface area (Å²) in [5.41, 5.74) is 8.17. The second-order valence-corrected chi connectivity index (χ2v) is 13.5. The number of ether oxygens (including phenoxy) is 1. The maximum atomic E-state index is 12.0. The minimum absolute atomic E-state index is 0.00180. The van der Waals surface area contributed by atoms with Crippen LogP contribution in [0.25, 0.3) is 11.2 Å². The zero-order chi connectivity index (χ0) is 30.9. The van der Waals surface area contributed by atoms with Crippen molar-refractivity contribution in [2.45, 2.75) is 50.7 Å². The number of nitrogens with zero attached hydrogens (tertiary/aromatic N) is 4. The maximum Gasteiger partial charge on any atom is 0.490 e. The standard InChI is InChI=1S/C20H29N6O13P3/c1-2-3-4-11-5-7-12(8-6-11)23-20-24-17(21)14-18(25-20)26(10-22-14)19-16(28)15(27)13(37-19)9-36-41(32,33)39-42(34,35)38-40(29,30)31/h5-8,10,13,15-16,19,27-28H,2-4,9H2,1H3,(H,32,33)(H,34,35)(H2,29,30,31)(H3,21,23,24,25)/t13-,15-,16+,19-/m1/s1. The normalized spacial score (nSPS) is 24.0. The second kappa shape index (κ2) is 12.7. The lowest BCUT2D eigenvalue weighted by atomic mass is 10.1. The molecule has 3 aromatic rings. The highest BCUT2D eigenvalue weighted by atomic mass is 31.3. The van der Waals surface area contributed by atoms with Crippen molar-refractivity contribution in [1.29, 1.82) is 0 Å². The third-order valence-electron chi connectivity index (χ3n) is 5.91. The number of aromatic nitrogens is 4. The number of hydrogen-bond acceptors (Lipinski definition) is 14. The minimum atomic E-state index is -5.74. The van der Waals surface area contributed by atoms with Crippen molar-refractivity contribution in [3.8, 4) is 0 Å². The molecule has 1 aliphatic heterocycles. The van der Waals surface area contributed by atoms with E-state index in [2.05, 4.69) is 40.3 Å². The number of benzene rings is 1. The zero-order valence-corrected chi connectivity index (χ0v) is 24.5. The quantitative estimate of drug-likeness (QED) is 0.121. The minimum Gasteiger partial charge on any atom is -0.387 e. The van der Waals surface area contributed by atoms with Crippen LogP contribution in [-0.2, 0) is 38.0 Å². The summed E-state index contributed by atoms with van der Waals surface area (Å²) in [4.78, 5) is 48.9. The van der Waals surface area contributed by atoms with Crippen LogP contribution in [0.5, 0.6) is 0 Å². The topological polar surface area (TPSA) is 291 Å². The number of phosphoric acid groups is 3. The van der Waals surface area contributed by atoms with Crippen LogP contribution in [0.4, 0.5) is 17.5 Å². The van der Waals surface area contributed by atoms with E-state index in [0.29, 0.717) is 5.69 Å². The number of nitrogens with two attached hydrogens (primary N) is 1. The van der Waals surface area contributed by atoms with Gasteiger partial charge >= 0.3 is 23.5 Å². The first-order chi connectivity index (χ1) is 19.6. The molecule has 0 bridgehead atoms. The van der Waals surface area contributed by atoms with Crippen LogP contribution in [0.2, 0.25) is 0 Å². The zero-order valence-electron chi connectivity index (χ0n) is 21.8. The number of aliphatic hydroxyl groups is 2. The summed E-state index contributed by atoms with van der Waals surface area (Å²) in [5.74, 6) is 0.0957. The van der Waals surface area contributed by atoms with E-state index in [1.807, 2.05) is 24.3 Å². The Morgan fingerprint density at radius 1 is 1.02 bits per heavy atom. The molecule has 2 aromatic heterocycles. The molecular weight excluding hydrogens is 625 g/mol. The Kier molecular flexibility index (Phi) is 9.86. The van der Waals surface area contributed by atoms with Crippen molar-refractivity contribution in [3.63, 3.8) is 0 Å². The summed E-state index contributed by atoms with van der Waals surface area (Å²) in [5, 5.41) is 24.1. The predicted molar refractivity (Wildman–Crippen MR) is 144 cm³/mol. The number of aliphatic hydroxyl groups excluding tert-OH is 2. The molecule has 0 spiro atoms. The Hall–Kier alpha value is -2.34. The summed E-state index contributed by atoms with van der Waals surface area (Å²) in [6.07, 6.45) is -1.93. The van der Waals surface area contributed by atoms with Crippen molar-refractivity contribution in [3.05, 3.63) is 36.2 Å². The van der Waals surface area contributed by atoms with E-state index >= 15 is 0 Å². The highest BCUT2D eigenvalue weighted by Crippen LogP contribution is 2.66. The summed E-state index contributed by atoms with van der Waals surface area (Å²) in [6, 6.07) is 7.65. The van der Waals surface area contributed by atoms with Gasteiger partial charge in [-0.3, -0.25) is 9.09 Å². The molecule has 3 heterocycles. The van der Waals surface area contributed by atoms with Crippen LogP contribution in [-0.4, -0.2) is 74.2 Å². The predicted octanol–water partition coefficient (Wildman–Crippen LogP) is 1.46. The van der Waals surface area contributed by atoms with Gasteiger partial charge in [0.05, 0.1) is 12.9 Å². The fraction of sp³-hybridized carbons (Fsp3) is 0.450. The van der Waals surface area contributed by atoms with Crippen LogP contribution >= 0.6 is 23.5 Å². The average molecular weight is 654 g/mol. The number of unbranched alkanes of at least 4 members (excludes halogenated alkanes) is 1. The fourth-order valence-electron chi connectivity index (χ4n) is 4.01. The second-order valence-electron chi connectivity index (χ2n) is 9.12. The first-order valence-corrected chi connectivity index (χ1v) is 16.8. The molecule has 42 heavy (non-hydrogen) atoms. The Morgan fingerprint density at radius 3 is 2.36 bits per heavy atom. The van der Waals surface area contributed by atoms with Crippen molar-refractivity contribution in [2.75, 3.05) is 17.7 Å². The lowest BCUT2D eigenvalue weighted by molar-refractivity contribution is -0.0503. The van der Waals surface area contributed by atoms with E-state index < -0.39 is 54.6 Å². The van der Waals surface area contributed by atoms with E-state index in [9.17, 15) is 33.7 Å². The van der Waals surface area contributed by atoms with E-state index in [1.165, 1.54) is 16.5 Å². The van der Waals surface area contributed by atoms with Gasteiger partial charge in [-0.1, -0.05) is 25.5 Å². The van der Waals surface area contributed by atoms with Crippen LogP contribution < -0.4 is 11.1 Å². The van der Waals surface area contributed by atoms with Gasteiger partial charge in [-0.25, -0.2) is 18.7 Å². The Morgan fingerprint density at radius 2 is 1.71 bits per heavy atom. The third kappa shape index (κ3) is 8.18. The number of nitrogens with one attached hydrogen (secondary N) is 1. The van der Waals surface area contributed by atoms with E-state index in [4.69, 9.17) is 20.3 Å². The van der Waals surface area contributed by atoms with Crippen molar-refractivity contribution in [2.24, 2.45) is 0 Å². The van der Waals surface area contributed by atoms with Gasteiger partial charge in [-0.05, 0) is 30.5 Å². The number of nitrogen functional groups attached to an aromatic ring is 1. The maximum absolute atomic E-state index is 12.0. The largest absolute Gasteiger partial charge is 0.490 e. The number of hydrogen-bond donors (Lipinski definition) is 8. The SMILES string of the molecule is CCCCc1ccc(Nc2nc(N)c3ncn([C@@H]4O[C@H](COP(=O)(O)OP(=O)(O)OP(=O)(O)O)[C@@H](O)[C@@H]4O)c3n2)cc1. The summed E-state index contributed by atoms with van der Waals surface area (Å²) in [6.45, 7) is 1.13. The lowest BCUT2D eigenvalue weighted by Gasteiger charge is -2.19. The number of phosphoric ester groups is 1. The molecular formula is C20H29N6O13P3. The smallest absolute Gasteiger partial charge is 0.387 e. The molecule has 0 radical (unpaired) electrons. The number of anilines is 3. The number of aryl methyl sites for hydroxylation is 1. The van der Waals surface area contributed by atoms with Gasteiger partial charge in [-0.2, -0.15) is 18.6 Å². The highest BCUT2D eigenvalue weighted by Gasteiger charge is 2.47. The van der Waals surface area contributed by atoms with Crippen molar-refractivity contribution < 1.29 is 61.4 Å². The molecule has 9 N–H and O–H groups in total. The Labute approximate surface area is 237 Å². The Bertz CT molecular complexity index is 1550. The fourth-order valence-corrected chi connectivity index (χ4v) is 7.04. The van der Waals surface area contributed by atoms with Gasteiger partial charge in [-0.15, -0.1) is 0 Å². The molecule has 2 unspecified atom stereocenters. The Balaban J connectivity index is 1.48. The molecule has 19 nitrogen and oxygen atoms in total. The van der Waals surface area contributed by atoms with Gasteiger partial charge < -0.3 is 45.6 Å². The number of fused-ring (bicyclic) bond motifs is 1. The molecule has 4 rings (SSSR count). The third-order valence-corrected chi connectivity index (χ3v) is 9.71. The highest BCUT2D eigenvalue weighted by molar-refractivity contribution is 7.66. The van der Waals surface area contributed by atoms with E-state index in [1.54, 1.807) is 0 Å². The molecule has 1 aromatic carbocycles. The monoisotopic (exact) mass is 654 g/mol. The lowest BCUT2D eigenvalue weighted by Crippen LogP contribution is -2.33. The van der Waals surface area contributed by atoms with E-state index in [0.717, 1.165) is 19.3 Å². The van der Waals surface area contributed by atoms with Crippen LogP contribution in [0.15, 0.2) is 30.6 Å².